The van der Waals surface area contributed by atoms with E-state index in [1.807, 2.05) is 48.5 Å². The fraction of sp³-hybridized carbons (Fsp3) is 0.380. The monoisotopic (exact) mass is 871 g/mol. The van der Waals surface area contributed by atoms with Crippen molar-refractivity contribution in [3.8, 4) is 11.1 Å². The van der Waals surface area contributed by atoms with Gasteiger partial charge in [-0.2, -0.15) is 0 Å². The highest BCUT2D eigenvalue weighted by Crippen LogP contribution is 2.38. The predicted octanol–water partition coefficient (Wildman–Crippen LogP) is 8.11. The van der Waals surface area contributed by atoms with E-state index in [0.717, 1.165) is 64.0 Å². The summed E-state index contributed by atoms with van der Waals surface area (Å²) in [7, 11) is 1.66. The number of carbonyl (C=O) groups excluding carboxylic acids is 5. The van der Waals surface area contributed by atoms with Crippen molar-refractivity contribution >= 4 is 52.2 Å². The average Bonchev–Trinajstić information content (AvgIpc) is 3.83. The van der Waals surface area contributed by atoms with Crippen molar-refractivity contribution < 1.29 is 42.9 Å². The molecule has 2 heterocycles. The van der Waals surface area contributed by atoms with E-state index in [-0.39, 0.29) is 30.3 Å². The quantitative estimate of drug-likeness (QED) is 0.0660. The number of amides is 3. The summed E-state index contributed by atoms with van der Waals surface area (Å²) < 4.78 is 23.5. The first-order valence-corrected chi connectivity index (χ1v) is 21.6. The lowest BCUT2D eigenvalue weighted by molar-refractivity contribution is -0.121. The SMILES string of the molecule is COCCCN1CCN(c2ccc(CC(NC(=O)OCc3cccc4c3Cc3ccccc3-4)C(=O)Nc3cccc4c3cc(C(=O)OC(C)(C)C)n4C(=O)OC(C)(C)C)cc2)C(=O)C1. The molecule has 0 radical (unpaired) electrons. The van der Waals surface area contributed by atoms with Crippen LogP contribution in [0.2, 0.25) is 0 Å². The molecule has 0 spiro atoms. The zero-order chi connectivity index (χ0) is 45.8. The van der Waals surface area contributed by atoms with E-state index < -0.39 is 41.3 Å². The van der Waals surface area contributed by atoms with E-state index in [0.29, 0.717) is 30.6 Å². The molecule has 2 N–H and O–H groups in total. The van der Waals surface area contributed by atoms with Gasteiger partial charge in [0.25, 0.3) is 0 Å². The molecule has 3 amide bonds. The molecule has 0 saturated carbocycles. The van der Waals surface area contributed by atoms with E-state index in [4.69, 9.17) is 18.9 Å². The van der Waals surface area contributed by atoms with Gasteiger partial charge in [-0.3, -0.25) is 14.5 Å². The summed E-state index contributed by atoms with van der Waals surface area (Å²) in [6.07, 6.45) is 0.0480. The number of nitrogens with one attached hydrogen (secondary N) is 2. The number of hydrogen-bond donors (Lipinski definition) is 2. The summed E-state index contributed by atoms with van der Waals surface area (Å²) in [5.74, 6) is -1.33. The smallest absolute Gasteiger partial charge is 0.419 e. The molecular weight excluding hydrogens is 815 g/mol. The van der Waals surface area contributed by atoms with Crippen LogP contribution < -0.4 is 15.5 Å². The van der Waals surface area contributed by atoms with Crippen molar-refractivity contribution in [2.75, 3.05) is 50.1 Å². The molecule has 0 bridgehead atoms. The van der Waals surface area contributed by atoms with Gasteiger partial charge >= 0.3 is 18.2 Å². The van der Waals surface area contributed by atoms with E-state index in [9.17, 15) is 24.0 Å². The second-order valence-electron chi connectivity index (χ2n) is 18.2. The van der Waals surface area contributed by atoms with Crippen LogP contribution in [-0.4, -0.2) is 96.6 Å². The van der Waals surface area contributed by atoms with Gasteiger partial charge < -0.3 is 34.5 Å². The molecular formula is C50H57N5O9. The van der Waals surface area contributed by atoms with E-state index in [1.165, 1.54) is 11.6 Å². The van der Waals surface area contributed by atoms with E-state index >= 15 is 0 Å². The van der Waals surface area contributed by atoms with Crippen LogP contribution in [0.3, 0.4) is 0 Å². The maximum Gasteiger partial charge on any atom is 0.419 e. The van der Waals surface area contributed by atoms with Crippen molar-refractivity contribution in [2.45, 2.75) is 84.7 Å². The van der Waals surface area contributed by atoms with Gasteiger partial charge in [-0.25, -0.2) is 19.0 Å². The summed E-state index contributed by atoms with van der Waals surface area (Å²) >= 11 is 0. The van der Waals surface area contributed by atoms with Gasteiger partial charge in [0.1, 0.15) is 29.5 Å². The fourth-order valence-corrected chi connectivity index (χ4v) is 8.11. The molecule has 2 aliphatic rings. The summed E-state index contributed by atoms with van der Waals surface area (Å²) in [6, 6.07) is 26.8. The zero-order valence-electron chi connectivity index (χ0n) is 37.6. The summed E-state index contributed by atoms with van der Waals surface area (Å²) in [5.41, 5.74) is 5.64. The number of alkyl carbamates (subject to hydrolysis) is 1. The van der Waals surface area contributed by atoms with Crippen molar-refractivity contribution in [3.63, 3.8) is 0 Å². The molecule has 4 aromatic carbocycles. The number of aromatic nitrogens is 1. The molecule has 1 aromatic heterocycles. The van der Waals surface area contributed by atoms with Gasteiger partial charge in [0, 0.05) is 50.8 Å². The molecule has 1 aliphatic heterocycles. The predicted molar refractivity (Wildman–Crippen MR) is 245 cm³/mol. The second kappa shape index (κ2) is 19.1. The Hall–Kier alpha value is -6.51. The third-order valence-electron chi connectivity index (χ3n) is 11.0. The molecule has 14 nitrogen and oxygen atoms in total. The fourth-order valence-electron chi connectivity index (χ4n) is 8.11. The number of esters is 1. The number of piperazine rings is 1. The summed E-state index contributed by atoms with van der Waals surface area (Å²) in [6.45, 7) is 13.3. The maximum absolute atomic E-state index is 14.4. The Bertz CT molecular complexity index is 2550. The van der Waals surface area contributed by atoms with Crippen LogP contribution in [0.15, 0.2) is 91.0 Å². The molecule has 336 valence electrons. The number of hydrogen-bond acceptors (Lipinski definition) is 10. The Balaban J connectivity index is 1.13. The number of ether oxygens (including phenoxy) is 4. The van der Waals surface area contributed by atoms with Gasteiger partial charge in [0.15, 0.2) is 0 Å². The van der Waals surface area contributed by atoms with Gasteiger partial charge in [-0.05, 0) is 118 Å². The topological polar surface area (TPSA) is 158 Å². The minimum atomic E-state index is -1.14. The van der Waals surface area contributed by atoms with Gasteiger partial charge in [0.05, 0.1) is 17.7 Å². The minimum absolute atomic E-state index is 0.00414. The molecule has 64 heavy (non-hydrogen) atoms. The van der Waals surface area contributed by atoms with E-state index in [2.05, 4.69) is 33.7 Å². The molecule has 1 aliphatic carbocycles. The van der Waals surface area contributed by atoms with Crippen LogP contribution in [-0.2, 0) is 48.0 Å². The highest BCUT2D eigenvalue weighted by Gasteiger charge is 2.31. The van der Waals surface area contributed by atoms with Crippen molar-refractivity contribution in [1.82, 2.24) is 14.8 Å². The number of anilines is 2. The van der Waals surface area contributed by atoms with Crippen molar-refractivity contribution in [3.05, 3.63) is 119 Å². The van der Waals surface area contributed by atoms with Crippen LogP contribution in [0, 0.1) is 0 Å². The van der Waals surface area contributed by atoms with Crippen LogP contribution in [0.5, 0.6) is 0 Å². The lowest BCUT2D eigenvalue weighted by atomic mass is 10.0. The van der Waals surface area contributed by atoms with E-state index in [1.54, 1.807) is 71.8 Å². The first-order valence-electron chi connectivity index (χ1n) is 21.6. The Morgan fingerprint density at radius 3 is 2.25 bits per heavy atom. The van der Waals surface area contributed by atoms with Crippen LogP contribution in [0.4, 0.5) is 21.0 Å². The van der Waals surface area contributed by atoms with Crippen molar-refractivity contribution in [1.29, 1.82) is 0 Å². The number of rotatable bonds is 13. The second-order valence-corrected chi connectivity index (χ2v) is 18.2. The highest BCUT2D eigenvalue weighted by atomic mass is 16.6. The van der Waals surface area contributed by atoms with Crippen LogP contribution in [0.1, 0.15) is 80.7 Å². The molecule has 7 rings (SSSR count). The van der Waals surface area contributed by atoms with Gasteiger partial charge in [0.2, 0.25) is 11.8 Å². The summed E-state index contributed by atoms with van der Waals surface area (Å²) in [4.78, 5) is 72.3. The molecule has 1 atom stereocenters. The standard InChI is InChI=1S/C50H57N5O9/c1-49(2,3)63-46(58)43-29-39-40(17-11-18-42(39)55(43)48(60)64-50(4,5)6)51-45(57)41(27-32-19-21-35(22-20-32)54-25-24-53(30-44(54)56)23-12-26-61-7)52-47(59)62-31-34-14-10-16-37-36-15-9-8-13-33(36)28-38(34)37/h8-11,13-22,29,41H,12,23-28,30-31H2,1-7H3,(H,51,57)(H,52,59). The largest absolute Gasteiger partial charge is 0.455 e. The zero-order valence-corrected chi connectivity index (χ0v) is 37.6. The Morgan fingerprint density at radius 2 is 1.53 bits per heavy atom. The van der Waals surface area contributed by atoms with Crippen LogP contribution >= 0.6 is 0 Å². The van der Waals surface area contributed by atoms with Gasteiger partial charge in [-0.1, -0.05) is 60.7 Å². The summed E-state index contributed by atoms with van der Waals surface area (Å²) in [5, 5.41) is 6.11. The number of carbonyl (C=O) groups is 5. The molecule has 1 unspecified atom stereocenters. The number of methoxy groups -OCH3 is 1. The lowest BCUT2D eigenvalue weighted by Gasteiger charge is -2.34. The van der Waals surface area contributed by atoms with Crippen LogP contribution in [0.25, 0.3) is 22.0 Å². The number of nitrogens with zero attached hydrogens (tertiary/aromatic N) is 3. The molecule has 1 fully saturated rings. The normalized spacial score (nSPS) is 14.4. The Labute approximate surface area is 373 Å². The third-order valence-corrected chi connectivity index (χ3v) is 11.0. The van der Waals surface area contributed by atoms with Gasteiger partial charge in [-0.15, -0.1) is 0 Å². The first kappa shape index (κ1) is 45.5. The maximum atomic E-state index is 14.4. The Morgan fingerprint density at radius 1 is 0.812 bits per heavy atom. The highest BCUT2D eigenvalue weighted by molar-refractivity contribution is 6.09. The molecule has 1 saturated heterocycles. The Kier molecular flexibility index (Phi) is 13.6. The number of benzene rings is 4. The average molecular weight is 872 g/mol. The third kappa shape index (κ3) is 10.8. The molecule has 5 aromatic rings. The molecule has 14 heteroatoms. The van der Waals surface area contributed by atoms with Crippen molar-refractivity contribution in [2.24, 2.45) is 0 Å². The minimum Gasteiger partial charge on any atom is -0.455 e. The first-order chi connectivity index (χ1) is 30.5. The number of fused-ring (bicyclic) bond motifs is 4. The lowest BCUT2D eigenvalue weighted by Crippen LogP contribution is -2.50.